The van der Waals surface area contributed by atoms with Gasteiger partial charge in [0.05, 0.1) is 29.5 Å². The van der Waals surface area contributed by atoms with Crippen molar-refractivity contribution in [2.75, 3.05) is 42.6 Å². The number of rotatable bonds is 6. The van der Waals surface area contributed by atoms with E-state index in [0.29, 0.717) is 32.8 Å². The molecule has 2 saturated heterocycles. The Morgan fingerprint density at radius 1 is 1.03 bits per heavy atom. The van der Waals surface area contributed by atoms with Crippen LogP contribution in [0.1, 0.15) is 18.4 Å². The predicted molar refractivity (Wildman–Crippen MR) is 116 cm³/mol. The molecule has 10 heteroatoms. The Bertz CT molecular complexity index is 1080. The number of ether oxygens (including phenoxy) is 2. The molecule has 3 heterocycles. The SMILES string of the molecule is O=S(=O)(c1ccc2c(c1)N(Cc1ccc(OC(F)F)cc1)[C@H]1CCCN21)N1CCOCC1. The van der Waals surface area contributed by atoms with E-state index >= 15 is 0 Å². The lowest BCUT2D eigenvalue weighted by molar-refractivity contribution is -0.0498. The summed E-state index contributed by atoms with van der Waals surface area (Å²) in [4.78, 5) is 4.81. The van der Waals surface area contributed by atoms with Gasteiger partial charge in [-0.3, -0.25) is 0 Å². The molecule has 0 aromatic heterocycles. The summed E-state index contributed by atoms with van der Waals surface area (Å²) in [5, 5.41) is 0. The molecule has 2 aromatic carbocycles. The minimum Gasteiger partial charge on any atom is -0.435 e. The molecule has 0 amide bonds. The van der Waals surface area contributed by atoms with E-state index in [4.69, 9.17) is 4.74 Å². The average molecular weight is 466 g/mol. The van der Waals surface area contributed by atoms with Crippen molar-refractivity contribution in [1.82, 2.24) is 4.31 Å². The van der Waals surface area contributed by atoms with Crippen molar-refractivity contribution < 1.29 is 26.7 Å². The molecule has 0 N–H and O–H groups in total. The van der Waals surface area contributed by atoms with Gasteiger partial charge in [-0.2, -0.15) is 13.1 Å². The maximum absolute atomic E-state index is 13.2. The number of benzene rings is 2. The quantitative estimate of drug-likeness (QED) is 0.653. The Balaban J connectivity index is 1.44. The van der Waals surface area contributed by atoms with E-state index in [1.165, 1.54) is 16.4 Å². The lowest BCUT2D eigenvalue weighted by Gasteiger charge is -2.28. The summed E-state index contributed by atoms with van der Waals surface area (Å²) in [5.41, 5.74) is 2.86. The summed E-state index contributed by atoms with van der Waals surface area (Å²) >= 11 is 0. The maximum atomic E-state index is 13.2. The molecule has 0 unspecified atom stereocenters. The van der Waals surface area contributed by atoms with Gasteiger partial charge in [0.2, 0.25) is 10.0 Å². The van der Waals surface area contributed by atoms with Crippen LogP contribution in [0.5, 0.6) is 5.75 Å². The Kier molecular flexibility index (Phi) is 5.68. The summed E-state index contributed by atoms with van der Waals surface area (Å²) < 4.78 is 62.5. The molecule has 0 saturated carbocycles. The Morgan fingerprint density at radius 3 is 2.50 bits per heavy atom. The van der Waals surface area contributed by atoms with Crippen LogP contribution >= 0.6 is 0 Å². The van der Waals surface area contributed by atoms with Crippen molar-refractivity contribution in [3.8, 4) is 5.75 Å². The first-order valence-corrected chi connectivity index (χ1v) is 12.2. The van der Waals surface area contributed by atoms with Crippen LogP contribution in [0.3, 0.4) is 0 Å². The van der Waals surface area contributed by atoms with E-state index in [9.17, 15) is 17.2 Å². The zero-order chi connectivity index (χ0) is 22.3. The predicted octanol–water partition coefficient (Wildman–Crippen LogP) is 3.26. The summed E-state index contributed by atoms with van der Waals surface area (Å²) in [7, 11) is -3.60. The number of morpholine rings is 1. The molecule has 7 nitrogen and oxygen atoms in total. The van der Waals surface area contributed by atoms with E-state index in [-0.39, 0.29) is 16.8 Å². The third-order valence-electron chi connectivity index (χ3n) is 6.26. The standard InChI is InChI=1S/C22H25F2N3O4S/c23-22(24)31-17-5-3-16(4-6-17)15-27-20-14-18(32(28,29)25-10-12-30-13-11-25)7-8-19(20)26-9-1-2-21(26)27/h3-8,14,21-22H,1-2,9-13,15H2/t21-/m0/s1. The van der Waals surface area contributed by atoms with Crippen LogP contribution in [-0.2, 0) is 21.3 Å². The number of anilines is 2. The van der Waals surface area contributed by atoms with Crippen molar-refractivity contribution in [2.24, 2.45) is 0 Å². The highest BCUT2D eigenvalue weighted by molar-refractivity contribution is 7.89. The molecule has 2 aromatic rings. The lowest BCUT2D eigenvalue weighted by Crippen LogP contribution is -2.40. The first-order valence-electron chi connectivity index (χ1n) is 10.7. The zero-order valence-corrected chi connectivity index (χ0v) is 18.3. The van der Waals surface area contributed by atoms with E-state index in [1.54, 1.807) is 24.3 Å². The Labute approximate surface area is 186 Å². The van der Waals surface area contributed by atoms with Crippen LogP contribution in [0, 0.1) is 0 Å². The summed E-state index contributed by atoms with van der Waals surface area (Å²) in [6.07, 6.45) is 2.20. The van der Waals surface area contributed by atoms with E-state index in [1.807, 2.05) is 6.07 Å². The molecule has 2 fully saturated rings. The molecule has 32 heavy (non-hydrogen) atoms. The second kappa shape index (κ2) is 8.49. The van der Waals surface area contributed by atoms with Crippen LogP contribution < -0.4 is 14.5 Å². The van der Waals surface area contributed by atoms with Crippen molar-refractivity contribution >= 4 is 21.4 Å². The molecular formula is C22H25F2N3O4S. The molecule has 3 aliphatic heterocycles. The number of halogens is 2. The molecule has 0 spiro atoms. The summed E-state index contributed by atoms with van der Waals surface area (Å²) in [6, 6.07) is 12.0. The highest BCUT2D eigenvalue weighted by Crippen LogP contribution is 2.45. The van der Waals surface area contributed by atoms with Gasteiger partial charge in [0, 0.05) is 26.2 Å². The first-order chi connectivity index (χ1) is 15.4. The van der Waals surface area contributed by atoms with Crippen LogP contribution in [0.15, 0.2) is 47.4 Å². The molecule has 1 atom stereocenters. The Hall–Kier alpha value is -2.43. The van der Waals surface area contributed by atoms with Crippen molar-refractivity contribution in [1.29, 1.82) is 0 Å². The zero-order valence-electron chi connectivity index (χ0n) is 17.5. The highest BCUT2D eigenvalue weighted by atomic mass is 32.2. The molecule has 172 valence electrons. The van der Waals surface area contributed by atoms with Gasteiger partial charge < -0.3 is 19.3 Å². The third kappa shape index (κ3) is 3.91. The van der Waals surface area contributed by atoms with Crippen LogP contribution in [0.4, 0.5) is 20.2 Å². The van der Waals surface area contributed by atoms with Gasteiger partial charge in [-0.1, -0.05) is 12.1 Å². The Morgan fingerprint density at radius 2 is 1.78 bits per heavy atom. The first kappa shape index (κ1) is 21.4. The van der Waals surface area contributed by atoms with Crippen LogP contribution in [0.25, 0.3) is 0 Å². The monoisotopic (exact) mass is 465 g/mol. The maximum Gasteiger partial charge on any atom is 0.387 e. The largest absolute Gasteiger partial charge is 0.435 e. The third-order valence-corrected chi connectivity index (χ3v) is 8.15. The normalized spacial score (nSPS) is 21.2. The van der Waals surface area contributed by atoms with Gasteiger partial charge in [0.1, 0.15) is 11.9 Å². The molecule has 0 bridgehead atoms. The van der Waals surface area contributed by atoms with Gasteiger partial charge in [-0.25, -0.2) is 8.42 Å². The highest BCUT2D eigenvalue weighted by Gasteiger charge is 2.40. The molecule has 0 aliphatic carbocycles. The van der Waals surface area contributed by atoms with E-state index in [2.05, 4.69) is 14.5 Å². The number of hydrogen-bond acceptors (Lipinski definition) is 6. The minimum atomic E-state index is -3.60. The molecular weight excluding hydrogens is 440 g/mol. The van der Waals surface area contributed by atoms with Crippen molar-refractivity contribution in [3.63, 3.8) is 0 Å². The van der Waals surface area contributed by atoms with Gasteiger partial charge >= 0.3 is 6.61 Å². The summed E-state index contributed by atoms with van der Waals surface area (Å²) in [5.74, 6) is 0.118. The van der Waals surface area contributed by atoms with Crippen LogP contribution in [-0.4, -0.2) is 58.3 Å². The number of sulfonamides is 1. The smallest absolute Gasteiger partial charge is 0.387 e. The topological polar surface area (TPSA) is 62.3 Å². The van der Waals surface area contributed by atoms with E-state index in [0.717, 1.165) is 36.3 Å². The number of nitrogens with zero attached hydrogens (tertiary/aromatic N) is 3. The van der Waals surface area contributed by atoms with Crippen molar-refractivity contribution in [2.45, 2.75) is 37.1 Å². The fourth-order valence-corrected chi connectivity index (χ4v) is 6.18. The van der Waals surface area contributed by atoms with Gasteiger partial charge in [-0.05, 0) is 48.7 Å². The van der Waals surface area contributed by atoms with Gasteiger partial charge in [0.15, 0.2) is 0 Å². The molecule has 5 rings (SSSR count). The van der Waals surface area contributed by atoms with Gasteiger partial charge in [-0.15, -0.1) is 0 Å². The fourth-order valence-electron chi connectivity index (χ4n) is 4.75. The second-order valence-corrected chi connectivity index (χ2v) is 10.1. The molecule has 0 radical (unpaired) electrons. The second-order valence-electron chi connectivity index (χ2n) is 8.13. The number of hydrogen-bond donors (Lipinski definition) is 0. The fraction of sp³-hybridized carbons (Fsp3) is 0.455. The minimum absolute atomic E-state index is 0.118. The lowest BCUT2D eigenvalue weighted by atomic mass is 10.1. The number of fused-ring (bicyclic) bond motifs is 3. The van der Waals surface area contributed by atoms with Crippen LogP contribution in [0.2, 0.25) is 0 Å². The number of alkyl halides is 2. The van der Waals surface area contributed by atoms with E-state index < -0.39 is 16.6 Å². The average Bonchev–Trinajstić information content (AvgIpc) is 3.37. The van der Waals surface area contributed by atoms with Gasteiger partial charge in [0.25, 0.3) is 0 Å². The van der Waals surface area contributed by atoms with Crippen molar-refractivity contribution in [3.05, 3.63) is 48.0 Å². The molecule has 3 aliphatic rings. The summed E-state index contributed by atoms with van der Waals surface area (Å²) in [6.45, 7) is 0.116.